The van der Waals surface area contributed by atoms with Crippen LogP contribution in [0.25, 0.3) is 5.57 Å². The highest BCUT2D eigenvalue weighted by Gasteiger charge is 2.36. The number of ether oxygens (including phenoxy) is 3. The normalized spacial score (nSPS) is 17.6. The minimum atomic E-state index is -0.933. The first-order valence-corrected chi connectivity index (χ1v) is 12.4. The molecular weight excluding hydrogens is 510 g/mol. The number of anilines is 1. The summed E-state index contributed by atoms with van der Waals surface area (Å²) in [7, 11) is 4.33. The molecule has 0 fully saturated rings. The number of amides is 1. The number of methoxy groups -OCH3 is 2. The minimum Gasteiger partial charge on any atom is -0.493 e. The summed E-state index contributed by atoms with van der Waals surface area (Å²) in [4.78, 5) is 58.1. The Morgan fingerprint density at radius 1 is 1.05 bits per heavy atom. The van der Waals surface area contributed by atoms with Crippen LogP contribution in [0.2, 0.25) is 0 Å². The van der Waals surface area contributed by atoms with Gasteiger partial charge in [-0.3, -0.25) is 19.0 Å². The Hall–Kier alpha value is -4.51. The molecular formula is C27H23N3O7S. The monoisotopic (exact) mass is 533 g/mol. The van der Waals surface area contributed by atoms with Crippen molar-refractivity contribution in [3.63, 3.8) is 0 Å². The second kappa shape index (κ2) is 9.42. The van der Waals surface area contributed by atoms with Crippen LogP contribution in [0.15, 0.2) is 63.5 Å². The predicted octanol–water partition coefficient (Wildman–Crippen LogP) is 1.69. The summed E-state index contributed by atoms with van der Waals surface area (Å²) in [5, 5.41) is 0. The number of thiazole rings is 1. The highest BCUT2D eigenvalue weighted by Crippen LogP contribution is 2.37. The van der Waals surface area contributed by atoms with Gasteiger partial charge in [0.05, 0.1) is 42.8 Å². The van der Waals surface area contributed by atoms with E-state index in [0.717, 1.165) is 11.3 Å². The van der Waals surface area contributed by atoms with Crippen molar-refractivity contribution < 1.29 is 28.6 Å². The number of allylic oxidation sites excluding steroid dienone is 1. The Morgan fingerprint density at radius 3 is 2.47 bits per heavy atom. The highest BCUT2D eigenvalue weighted by atomic mass is 32.1. The highest BCUT2D eigenvalue weighted by molar-refractivity contribution is 7.07. The van der Waals surface area contributed by atoms with Crippen LogP contribution in [0.4, 0.5) is 5.69 Å². The van der Waals surface area contributed by atoms with E-state index < -0.39 is 23.5 Å². The van der Waals surface area contributed by atoms with Crippen molar-refractivity contribution in [2.45, 2.75) is 19.9 Å². The van der Waals surface area contributed by atoms with Crippen LogP contribution in [0.3, 0.4) is 0 Å². The largest absolute Gasteiger partial charge is 0.493 e. The lowest BCUT2D eigenvalue weighted by molar-refractivity contribution is -0.136. The fourth-order valence-electron chi connectivity index (χ4n) is 4.74. The standard InChI is InChI=1S/C27H23N3O7S/c1-13-20(26(34)36-5)22(15-10-11-18(37-14(2)31)19(12-15)35-4)30-25(33)23(38-27(30)28-13)21-16-8-6-7-9-17(16)29(3)24(21)32/h6-12,22H,1-5H3/b23-21-. The van der Waals surface area contributed by atoms with Crippen molar-refractivity contribution in [3.8, 4) is 11.5 Å². The molecule has 0 saturated carbocycles. The summed E-state index contributed by atoms with van der Waals surface area (Å²) < 4.78 is 17.3. The van der Waals surface area contributed by atoms with E-state index in [1.54, 1.807) is 32.2 Å². The van der Waals surface area contributed by atoms with E-state index in [0.29, 0.717) is 27.3 Å². The number of hydrogen-bond acceptors (Lipinski definition) is 9. The Balaban J connectivity index is 1.81. The summed E-state index contributed by atoms with van der Waals surface area (Å²) in [6, 6.07) is 11.1. The lowest BCUT2D eigenvalue weighted by atomic mass is 9.95. The molecule has 2 aliphatic rings. The van der Waals surface area contributed by atoms with Crippen LogP contribution < -0.4 is 29.3 Å². The van der Waals surface area contributed by atoms with Gasteiger partial charge >= 0.3 is 11.9 Å². The Bertz CT molecular complexity index is 1750. The van der Waals surface area contributed by atoms with Crippen LogP contribution in [0, 0.1) is 0 Å². The molecule has 1 atom stereocenters. The molecule has 0 radical (unpaired) electrons. The first kappa shape index (κ1) is 25.2. The first-order chi connectivity index (χ1) is 18.2. The van der Waals surface area contributed by atoms with Crippen molar-refractivity contribution in [2.75, 3.05) is 26.2 Å². The predicted molar refractivity (Wildman–Crippen MR) is 139 cm³/mol. The van der Waals surface area contributed by atoms with Crippen LogP contribution in [-0.2, 0) is 19.1 Å². The number of nitrogens with zero attached hydrogens (tertiary/aromatic N) is 3. The van der Waals surface area contributed by atoms with Gasteiger partial charge in [-0.1, -0.05) is 35.6 Å². The van der Waals surface area contributed by atoms with Gasteiger partial charge in [-0.15, -0.1) is 0 Å². The molecule has 0 N–H and O–H groups in total. The first-order valence-electron chi connectivity index (χ1n) is 11.5. The van der Waals surface area contributed by atoms with Gasteiger partial charge in [0.1, 0.15) is 4.53 Å². The third-order valence-electron chi connectivity index (χ3n) is 6.44. The van der Waals surface area contributed by atoms with Gasteiger partial charge in [0, 0.05) is 19.5 Å². The van der Waals surface area contributed by atoms with E-state index in [9.17, 15) is 19.2 Å². The molecule has 1 amide bonds. The number of hydrogen-bond donors (Lipinski definition) is 0. The summed E-state index contributed by atoms with van der Waals surface area (Å²) in [6.45, 7) is 2.93. The van der Waals surface area contributed by atoms with Gasteiger partial charge in [0.15, 0.2) is 16.3 Å². The average Bonchev–Trinajstić information content (AvgIpc) is 3.35. The lowest BCUT2D eigenvalue weighted by Crippen LogP contribution is -2.40. The fraction of sp³-hybridized carbons (Fsp3) is 0.222. The summed E-state index contributed by atoms with van der Waals surface area (Å²) in [5.74, 6) is -1.05. The molecule has 194 valence electrons. The molecule has 0 bridgehead atoms. The second-order valence-corrected chi connectivity index (χ2v) is 9.63. The maximum atomic E-state index is 14.0. The third-order valence-corrected chi connectivity index (χ3v) is 7.49. The molecule has 38 heavy (non-hydrogen) atoms. The molecule has 11 heteroatoms. The van der Waals surface area contributed by atoms with Gasteiger partial charge in [-0.25, -0.2) is 9.79 Å². The number of rotatable bonds is 4. The lowest BCUT2D eigenvalue weighted by Gasteiger charge is -2.25. The molecule has 5 rings (SSSR count). The zero-order chi connectivity index (χ0) is 27.3. The zero-order valence-corrected chi connectivity index (χ0v) is 22.0. The van der Waals surface area contributed by atoms with E-state index in [2.05, 4.69) is 4.99 Å². The smallest absolute Gasteiger partial charge is 0.338 e. The number of benzene rings is 2. The van der Waals surface area contributed by atoms with Crippen LogP contribution in [-0.4, -0.2) is 43.7 Å². The van der Waals surface area contributed by atoms with E-state index >= 15 is 0 Å². The van der Waals surface area contributed by atoms with Gasteiger partial charge in [-0.2, -0.15) is 0 Å². The molecule has 3 heterocycles. The van der Waals surface area contributed by atoms with Crippen molar-refractivity contribution in [2.24, 2.45) is 4.99 Å². The number of aromatic nitrogens is 1. The quantitative estimate of drug-likeness (QED) is 0.370. The maximum absolute atomic E-state index is 14.0. The fourth-order valence-corrected chi connectivity index (χ4v) is 5.88. The molecule has 3 aromatic rings. The SMILES string of the molecule is COC(=O)C1=C(C)N=c2s/c(=C3\C(=O)N(C)c4ccccc43)c(=O)n2C1c1ccc(OC(C)=O)c(OC)c1. The Labute approximate surface area is 220 Å². The van der Waals surface area contributed by atoms with Crippen molar-refractivity contribution in [3.05, 3.63) is 84.5 Å². The summed E-state index contributed by atoms with van der Waals surface area (Å²) in [5.41, 5.74) is 2.20. The van der Waals surface area contributed by atoms with Gasteiger partial charge in [-0.05, 0) is 30.7 Å². The van der Waals surface area contributed by atoms with E-state index in [1.807, 2.05) is 18.2 Å². The molecule has 10 nitrogen and oxygen atoms in total. The molecule has 0 aliphatic carbocycles. The number of likely N-dealkylation sites (N-methyl/N-ethyl adjacent to an activating group) is 1. The number of para-hydroxylation sites is 1. The molecule has 1 unspecified atom stereocenters. The molecule has 1 aromatic heterocycles. The van der Waals surface area contributed by atoms with Crippen molar-refractivity contribution in [1.82, 2.24) is 4.57 Å². The van der Waals surface area contributed by atoms with Gasteiger partial charge in [0.25, 0.3) is 11.5 Å². The molecule has 2 aliphatic heterocycles. The second-order valence-electron chi connectivity index (χ2n) is 8.65. The Morgan fingerprint density at radius 2 is 1.79 bits per heavy atom. The number of carbonyl (C=O) groups excluding carboxylic acids is 3. The number of carbonyl (C=O) groups is 3. The zero-order valence-electron chi connectivity index (χ0n) is 21.2. The molecule has 0 saturated heterocycles. The Kier molecular flexibility index (Phi) is 6.23. The van der Waals surface area contributed by atoms with Crippen molar-refractivity contribution in [1.29, 1.82) is 0 Å². The maximum Gasteiger partial charge on any atom is 0.338 e. The van der Waals surface area contributed by atoms with E-state index in [-0.39, 0.29) is 33.1 Å². The van der Waals surface area contributed by atoms with Crippen LogP contribution >= 0.6 is 11.3 Å². The van der Waals surface area contributed by atoms with Gasteiger partial charge < -0.3 is 19.1 Å². The summed E-state index contributed by atoms with van der Waals surface area (Å²) in [6.07, 6.45) is 0. The minimum absolute atomic E-state index is 0.161. The number of fused-ring (bicyclic) bond motifs is 2. The van der Waals surface area contributed by atoms with Crippen LogP contribution in [0.1, 0.15) is 31.0 Å². The van der Waals surface area contributed by atoms with Crippen molar-refractivity contribution >= 4 is 40.4 Å². The van der Waals surface area contributed by atoms with Crippen LogP contribution in [0.5, 0.6) is 11.5 Å². The molecule has 2 aromatic carbocycles. The van der Waals surface area contributed by atoms with E-state index in [1.165, 1.54) is 36.7 Å². The van der Waals surface area contributed by atoms with E-state index in [4.69, 9.17) is 14.2 Å². The molecule has 0 spiro atoms. The van der Waals surface area contributed by atoms with Gasteiger partial charge in [0.2, 0.25) is 0 Å². The summed E-state index contributed by atoms with van der Waals surface area (Å²) >= 11 is 1.09. The number of esters is 2. The topological polar surface area (TPSA) is 117 Å². The average molecular weight is 534 g/mol. The third kappa shape index (κ3) is 3.82.